The number of ether oxygens (including phenoxy) is 5. The standard InChI is InChI=1S/C39H41Cl2F2N3O7/c1-49-34-12-11-27(18-35(34)50-2)28(17-29-30(40)19-44-20-31(29)41)23-51-37(47)26-9-7-24(8-10-26)21-46(32-5-3-4-6-33(32)52-38(42)43)39(48)53-36-22-45-15-13-25(36)14-16-45/h3-12,18-20,25,28,36,38-39,48H,13-17,21-23H2,1-2H3/t28-,36+,39?/m1/s1. The highest BCUT2D eigenvalue weighted by Gasteiger charge is 2.37. The maximum Gasteiger partial charge on any atom is 0.387 e. The Morgan fingerprint density at radius 1 is 0.962 bits per heavy atom. The van der Waals surface area contributed by atoms with Crippen molar-refractivity contribution in [3.05, 3.63) is 111 Å². The van der Waals surface area contributed by atoms with E-state index >= 15 is 0 Å². The minimum Gasteiger partial charge on any atom is -0.493 e. The van der Waals surface area contributed by atoms with Gasteiger partial charge in [0.1, 0.15) is 5.75 Å². The number of hydrogen-bond donors (Lipinski definition) is 1. The highest BCUT2D eigenvalue weighted by atomic mass is 35.5. The second-order valence-electron chi connectivity index (χ2n) is 13.0. The first kappa shape index (κ1) is 38.5. The molecule has 282 valence electrons. The number of esters is 1. The number of alkyl halides is 2. The number of carbonyl (C=O) groups excluding carboxylic acids is 1. The lowest BCUT2D eigenvalue weighted by Gasteiger charge is -2.46. The topological polar surface area (TPSA) is 103 Å². The summed E-state index contributed by atoms with van der Waals surface area (Å²) in [4.78, 5) is 21.2. The fourth-order valence-electron chi connectivity index (χ4n) is 6.93. The van der Waals surface area contributed by atoms with Crippen molar-refractivity contribution in [3.8, 4) is 17.2 Å². The molecule has 0 amide bonds. The van der Waals surface area contributed by atoms with Crippen LogP contribution in [0.15, 0.2) is 79.1 Å². The minimum atomic E-state index is -3.06. The van der Waals surface area contributed by atoms with Gasteiger partial charge in [0.05, 0.1) is 48.2 Å². The van der Waals surface area contributed by atoms with Crippen molar-refractivity contribution in [1.82, 2.24) is 9.88 Å². The van der Waals surface area contributed by atoms with E-state index in [2.05, 4.69) is 9.88 Å². The first-order valence-electron chi connectivity index (χ1n) is 17.3. The highest BCUT2D eigenvalue weighted by Crippen LogP contribution is 2.37. The third-order valence-corrected chi connectivity index (χ3v) is 10.4. The summed E-state index contributed by atoms with van der Waals surface area (Å²) in [6.07, 6.45) is 3.65. The number of para-hydroxylation sites is 2. The Kier molecular flexibility index (Phi) is 12.9. The SMILES string of the molecule is COc1ccc([C@@H](COC(=O)c2ccc(CN(c3ccccc3OC(F)F)C(O)O[C@H]3CN4CCC3CC4)cc2)Cc2c(Cl)cncc2Cl)cc1OC. The molecule has 3 aliphatic heterocycles. The molecule has 1 unspecified atom stereocenters. The maximum atomic E-state index is 13.4. The van der Waals surface area contributed by atoms with Gasteiger partial charge in [0, 0.05) is 31.4 Å². The van der Waals surface area contributed by atoms with Crippen molar-refractivity contribution in [2.24, 2.45) is 5.92 Å². The van der Waals surface area contributed by atoms with Gasteiger partial charge >= 0.3 is 12.6 Å². The molecule has 3 aromatic carbocycles. The van der Waals surface area contributed by atoms with E-state index in [1.54, 1.807) is 55.6 Å². The molecule has 7 rings (SSSR count). The van der Waals surface area contributed by atoms with Gasteiger partial charge in [-0.15, -0.1) is 0 Å². The third kappa shape index (κ3) is 9.49. The van der Waals surface area contributed by atoms with Crippen LogP contribution < -0.4 is 19.1 Å². The lowest BCUT2D eigenvalue weighted by Crippen LogP contribution is -2.54. The number of anilines is 1. The van der Waals surface area contributed by atoms with E-state index in [-0.39, 0.29) is 42.2 Å². The molecule has 0 radical (unpaired) electrons. The summed E-state index contributed by atoms with van der Waals surface area (Å²) in [5.74, 6) is 0.343. The number of aromatic nitrogens is 1. The molecule has 14 heteroatoms. The van der Waals surface area contributed by atoms with Gasteiger partial charge in [0.25, 0.3) is 0 Å². The number of benzene rings is 3. The molecular weight excluding hydrogens is 731 g/mol. The number of aliphatic hydroxyl groups excluding tert-OH is 1. The lowest BCUT2D eigenvalue weighted by atomic mass is 9.86. The number of pyridine rings is 1. The van der Waals surface area contributed by atoms with Gasteiger partial charge in [-0.25, -0.2) is 4.79 Å². The molecule has 2 bridgehead atoms. The number of carbonyl (C=O) groups is 1. The Labute approximate surface area is 317 Å². The number of halogens is 4. The smallest absolute Gasteiger partial charge is 0.387 e. The van der Waals surface area contributed by atoms with Gasteiger partial charge < -0.3 is 38.6 Å². The first-order valence-corrected chi connectivity index (χ1v) is 18.0. The predicted molar refractivity (Wildman–Crippen MR) is 196 cm³/mol. The molecule has 53 heavy (non-hydrogen) atoms. The average molecular weight is 773 g/mol. The van der Waals surface area contributed by atoms with Crippen LogP contribution in [0.25, 0.3) is 0 Å². The summed E-state index contributed by atoms with van der Waals surface area (Å²) < 4.78 is 54.6. The van der Waals surface area contributed by atoms with Gasteiger partial charge in [-0.3, -0.25) is 4.98 Å². The molecule has 0 aliphatic carbocycles. The monoisotopic (exact) mass is 771 g/mol. The number of nitrogens with zero attached hydrogens (tertiary/aromatic N) is 3. The van der Waals surface area contributed by atoms with Gasteiger partial charge in [-0.05, 0) is 91.4 Å². The molecule has 3 aliphatic rings. The molecule has 3 saturated heterocycles. The summed E-state index contributed by atoms with van der Waals surface area (Å²) >= 11 is 12.9. The van der Waals surface area contributed by atoms with E-state index in [0.29, 0.717) is 51.6 Å². The number of hydrogen-bond acceptors (Lipinski definition) is 10. The van der Waals surface area contributed by atoms with Crippen molar-refractivity contribution in [1.29, 1.82) is 0 Å². The molecule has 10 nitrogen and oxygen atoms in total. The predicted octanol–water partition coefficient (Wildman–Crippen LogP) is 7.58. The summed E-state index contributed by atoms with van der Waals surface area (Å²) in [6.45, 7) is -0.327. The van der Waals surface area contributed by atoms with Crippen LogP contribution in [0.1, 0.15) is 45.8 Å². The Balaban J connectivity index is 1.19. The minimum absolute atomic E-state index is 0.0110. The van der Waals surface area contributed by atoms with Gasteiger partial charge in [-0.1, -0.05) is 53.5 Å². The van der Waals surface area contributed by atoms with E-state index < -0.39 is 19.0 Å². The van der Waals surface area contributed by atoms with Gasteiger partial charge in [0.2, 0.25) is 6.41 Å². The Bertz CT molecular complexity index is 1830. The molecule has 4 heterocycles. The molecular formula is C39H41Cl2F2N3O7. The number of rotatable bonds is 16. The van der Waals surface area contributed by atoms with E-state index in [9.17, 15) is 18.7 Å². The van der Waals surface area contributed by atoms with Crippen LogP contribution in [-0.4, -0.2) is 80.5 Å². The maximum absolute atomic E-state index is 13.4. The highest BCUT2D eigenvalue weighted by molar-refractivity contribution is 6.35. The average Bonchev–Trinajstić information content (AvgIpc) is 3.17. The molecule has 1 aromatic heterocycles. The van der Waals surface area contributed by atoms with E-state index in [1.807, 2.05) is 12.1 Å². The largest absolute Gasteiger partial charge is 0.493 e. The number of piperidine rings is 3. The van der Waals surface area contributed by atoms with Crippen LogP contribution in [0.4, 0.5) is 14.5 Å². The van der Waals surface area contributed by atoms with Crippen molar-refractivity contribution in [2.75, 3.05) is 45.4 Å². The van der Waals surface area contributed by atoms with E-state index in [0.717, 1.165) is 31.5 Å². The zero-order valence-electron chi connectivity index (χ0n) is 29.3. The van der Waals surface area contributed by atoms with Crippen molar-refractivity contribution >= 4 is 34.9 Å². The summed E-state index contributed by atoms with van der Waals surface area (Å²) in [5.41, 5.74) is 2.67. The summed E-state index contributed by atoms with van der Waals surface area (Å²) in [7, 11) is 3.09. The number of aliphatic hydroxyl groups is 1. The van der Waals surface area contributed by atoms with Crippen LogP contribution in [0.2, 0.25) is 10.0 Å². The molecule has 0 saturated carbocycles. The van der Waals surface area contributed by atoms with Crippen molar-refractivity contribution in [2.45, 2.75) is 50.9 Å². The first-order chi connectivity index (χ1) is 25.6. The van der Waals surface area contributed by atoms with Crippen LogP contribution in [0.5, 0.6) is 17.2 Å². The van der Waals surface area contributed by atoms with E-state index in [1.165, 1.54) is 30.5 Å². The number of fused-ring (bicyclic) bond motifs is 3. The number of methoxy groups -OCH3 is 2. The second-order valence-corrected chi connectivity index (χ2v) is 13.8. The van der Waals surface area contributed by atoms with Crippen molar-refractivity contribution < 1.29 is 42.4 Å². The van der Waals surface area contributed by atoms with E-state index in [4.69, 9.17) is 46.9 Å². The van der Waals surface area contributed by atoms with Crippen LogP contribution in [0, 0.1) is 5.92 Å². The quantitative estimate of drug-likeness (QED) is 0.0906. The molecule has 3 atom stereocenters. The summed E-state index contributed by atoms with van der Waals surface area (Å²) in [6, 6.07) is 18.4. The molecule has 1 N–H and O–H groups in total. The van der Waals surface area contributed by atoms with Crippen LogP contribution in [-0.2, 0) is 22.4 Å². The third-order valence-electron chi connectivity index (χ3n) is 9.79. The normalized spacial score (nSPS) is 19.1. The zero-order chi connectivity index (χ0) is 37.5. The van der Waals surface area contributed by atoms with Crippen LogP contribution in [0.3, 0.4) is 0 Å². The lowest BCUT2D eigenvalue weighted by molar-refractivity contribution is -0.178. The van der Waals surface area contributed by atoms with Gasteiger partial charge in [0.15, 0.2) is 11.5 Å². The Hall–Kier alpha value is -4.20. The molecule has 0 spiro atoms. The van der Waals surface area contributed by atoms with Gasteiger partial charge in [-0.2, -0.15) is 8.78 Å². The molecule has 4 aromatic rings. The second kappa shape index (κ2) is 17.7. The van der Waals surface area contributed by atoms with Crippen LogP contribution >= 0.6 is 23.2 Å². The van der Waals surface area contributed by atoms with Crippen molar-refractivity contribution in [3.63, 3.8) is 0 Å². The fourth-order valence-corrected chi connectivity index (χ4v) is 7.45. The molecule has 3 fully saturated rings. The zero-order valence-corrected chi connectivity index (χ0v) is 30.8. The Morgan fingerprint density at radius 2 is 1.66 bits per heavy atom. The summed E-state index contributed by atoms with van der Waals surface area (Å²) in [5, 5.41) is 12.2. The fraction of sp³-hybridized carbons (Fsp3) is 0.385. The Morgan fingerprint density at radius 3 is 2.30 bits per heavy atom.